The van der Waals surface area contributed by atoms with Gasteiger partial charge in [0.1, 0.15) is 0 Å². The van der Waals surface area contributed by atoms with Crippen LogP contribution in [-0.4, -0.2) is 28.7 Å². The van der Waals surface area contributed by atoms with Gasteiger partial charge in [-0.05, 0) is 18.6 Å². The number of carbonyl (C=O) groups excluding carboxylic acids is 2. The highest BCUT2D eigenvalue weighted by molar-refractivity contribution is 8.00. The van der Waals surface area contributed by atoms with Crippen molar-refractivity contribution in [2.45, 2.75) is 37.1 Å². The van der Waals surface area contributed by atoms with Crippen molar-refractivity contribution in [3.63, 3.8) is 0 Å². The number of Topliss-reactive ketones (excluding diaryl/α,β-unsaturated/α-hetero) is 2. The lowest BCUT2D eigenvalue weighted by Crippen LogP contribution is -2.30. The fourth-order valence-electron chi connectivity index (χ4n) is 1.37. The van der Waals surface area contributed by atoms with Crippen LogP contribution >= 0.6 is 11.8 Å². The van der Waals surface area contributed by atoms with Crippen LogP contribution in [0.2, 0.25) is 0 Å². The minimum Gasteiger partial charge on any atom is -0.298 e. The Morgan fingerprint density at radius 1 is 1.27 bits per heavy atom. The van der Waals surface area contributed by atoms with E-state index in [-0.39, 0.29) is 0 Å². The molecular weight excluding hydrogens is 229 g/mol. The third-order valence-corrected chi connectivity index (χ3v) is 3.62. The summed E-state index contributed by atoms with van der Waals surface area (Å²) in [7, 11) is 0. The van der Waals surface area contributed by atoms with E-state index >= 15 is 0 Å². The van der Waals surface area contributed by atoms with Gasteiger partial charge in [-0.1, -0.05) is 6.42 Å². The van der Waals surface area contributed by atoms with Crippen molar-refractivity contribution in [2.75, 3.05) is 5.75 Å². The van der Waals surface area contributed by atoms with Crippen molar-refractivity contribution >= 4 is 23.3 Å². The summed E-state index contributed by atoms with van der Waals surface area (Å²) < 4.78 is 35.6. The first kappa shape index (κ1) is 12.5. The second kappa shape index (κ2) is 5.01. The maximum absolute atomic E-state index is 11.9. The van der Waals surface area contributed by atoms with E-state index in [9.17, 15) is 22.8 Å². The molecule has 0 radical (unpaired) electrons. The minimum atomic E-state index is -4.88. The first-order valence-corrected chi connectivity index (χ1v) is 5.70. The third kappa shape index (κ3) is 3.85. The van der Waals surface area contributed by atoms with Gasteiger partial charge in [-0.15, -0.1) is 0 Å². The van der Waals surface area contributed by atoms with Crippen LogP contribution in [0, 0.1) is 0 Å². The molecule has 1 rings (SSSR count). The summed E-state index contributed by atoms with van der Waals surface area (Å²) in [5.41, 5.74) is 0. The summed E-state index contributed by atoms with van der Waals surface area (Å²) in [4.78, 5) is 21.9. The van der Waals surface area contributed by atoms with E-state index in [0.29, 0.717) is 6.42 Å². The number of rotatable bonds is 3. The van der Waals surface area contributed by atoms with Crippen LogP contribution in [0.4, 0.5) is 13.2 Å². The van der Waals surface area contributed by atoms with Gasteiger partial charge in [0.05, 0.1) is 11.7 Å². The predicted molar refractivity (Wildman–Crippen MR) is 50.8 cm³/mol. The van der Waals surface area contributed by atoms with E-state index < -0.39 is 29.4 Å². The summed E-state index contributed by atoms with van der Waals surface area (Å²) >= 11 is 1.35. The van der Waals surface area contributed by atoms with Gasteiger partial charge in [0.15, 0.2) is 5.78 Å². The van der Waals surface area contributed by atoms with Gasteiger partial charge in [-0.2, -0.15) is 24.9 Å². The molecular formula is C9H11F3O2S. The zero-order chi connectivity index (χ0) is 11.5. The molecule has 1 saturated heterocycles. The Morgan fingerprint density at radius 3 is 2.40 bits per heavy atom. The Bertz CT molecular complexity index is 257. The van der Waals surface area contributed by atoms with Crippen LogP contribution in [0.3, 0.4) is 0 Å². The number of hydrogen-bond acceptors (Lipinski definition) is 3. The van der Waals surface area contributed by atoms with Gasteiger partial charge in [0.25, 0.3) is 0 Å². The first-order chi connectivity index (χ1) is 6.91. The Kier molecular flexibility index (Phi) is 4.19. The van der Waals surface area contributed by atoms with Gasteiger partial charge in [-0.3, -0.25) is 9.59 Å². The van der Waals surface area contributed by atoms with Crippen molar-refractivity contribution in [2.24, 2.45) is 0 Å². The Morgan fingerprint density at radius 2 is 1.93 bits per heavy atom. The molecule has 0 spiro atoms. The molecule has 1 aliphatic heterocycles. The quantitative estimate of drug-likeness (QED) is 0.710. The summed E-state index contributed by atoms with van der Waals surface area (Å²) in [5, 5.41) is -0.412. The molecule has 1 aliphatic rings. The van der Waals surface area contributed by atoms with E-state index in [0.717, 1.165) is 18.6 Å². The molecule has 0 saturated carbocycles. The van der Waals surface area contributed by atoms with Crippen LogP contribution in [0.15, 0.2) is 0 Å². The van der Waals surface area contributed by atoms with E-state index in [1.807, 2.05) is 0 Å². The topological polar surface area (TPSA) is 34.1 Å². The minimum absolute atomic E-state index is 0.412. The van der Waals surface area contributed by atoms with E-state index in [4.69, 9.17) is 0 Å². The molecule has 0 bridgehead atoms. The van der Waals surface area contributed by atoms with Crippen molar-refractivity contribution in [1.82, 2.24) is 0 Å². The molecule has 1 unspecified atom stereocenters. The molecule has 0 aromatic rings. The number of carbonyl (C=O) groups is 2. The summed E-state index contributed by atoms with van der Waals surface area (Å²) in [5.74, 6) is -1.72. The van der Waals surface area contributed by atoms with E-state index in [2.05, 4.69) is 0 Å². The van der Waals surface area contributed by atoms with Crippen molar-refractivity contribution in [3.8, 4) is 0 Å². The molecule has 0 aliphatic carbocycles. The third-order valence-electron chi connectivity index (χ3n) is 2.19. The number of hydrogen-bond donors (Lipinski definition) is 0. The zero-order valence-corrected chi connectivity index (χ0v) is 8.79. The second-order valence-electron chi connectivity index (χ2n) is 3.42. The fraction of sp³-hybridized carbons (Fsp3) is 0.778. The Labute approximate surface area is 89.6 Å². The van der Waals surface area contributed by atoms with Gasteiger partial charge >= 0.3 is 6.18 Å². The van der Waals surface area contributed by atoms with Crippen LogP contribution in [-0.2, 0) is 9.59 Å². The standard InChI is InChI=1S/C9H11F3O2S/c10-9(11,12)8(14)5-6(13)7-3-1-2-4-15-7/h7H,1-5H2. The summed E-state index contributed by atoms with van der Waals surface area (Å²) in [6, 6.07) is 0. The Balaban J connectivity index is 2.44. The molecule has 6 heteroatoms. The highest BCUT2D eigenvalue weighted by atomic mass is 32.2. The van der Waals surface area contributed by atoms with E-state index in [1.165, 1.54) is 11.8 Å². The lowest BCUT2D eigenvalue weighted by atomic mass is 10.1. The van der Waals surface area contributed by atoms with Crippen molar-refractivity contribution < 1.29 is 22.8 Å². The van der Waals surface area contributed by atoms with Crippen LogP contribution in [0.1, 0.15) is 25.7 Å². The molecule has 15 heavy (non-hydrogen) atoms. The molecule has 0 amide bonds. The summed E-state index contributed by atoms with van der Waals surface area (Å²) in [6.07, 6.45) is -3.45. The van der Waals surface area contributed by atoms with Crippen molar-refractivity contribution in [3.05, 3.63) is 0 Å². The number of thioether (sulfide) groups is 1. The molecule has 0 aromatic carbocycles. The largest absolute Gasteiger partial charge is 0.450 e. The molecule has 1 heterocycles. The van der Waals surface area contributed by atoms with Crippen LogP contribution in [0.25, 0.3) is 0 Å². The number of ketones is 2. The number of halogens is 3. The lowest BCUT2D eigenvalue weighted by molar-refractivity contribution is -0.171. The first-order valence-electron chi connectivity index (χ1n) is 4.65. The molecule has 0 N–H and O–H groups in total. The van der Waals surface area contributed by atoms with Gasteiger partial charge in [-0.25, -0.2) is 0 Å². The maximum atomic E-state index is 11.9. The number of alkyl halides is 3. The second-order valence-corrected chi connectivity index (χ2v) is 4.73. The molecule has 0 aromatic heterocycles. The highest BCUT2D eigenvalue weighted by Gasteiger charge is 2.40. The monoisotopic (exact) mass is 240 g/mol. The van der Waals surface area contributed by atoms with Crippen LogP contribution in [0.5, 0.6) is 0 Å². The lowest BCUT2D eigenvalue weighted by Gasteiger charge is -2.19. The smallest absolute Gasteiger partial charge is 0.298 e. The highest BCUT2D eigenvalue weighted by Crippen LogP contribution is 2.28. The van der Waals surface area contributed by atoms with Gasteiger partial charge in [0.2, 0.25) is 5.78 Å². The van der Waals surface area contributed by atoms with E-state index in [1.54, 1.807) is 0 Å². The molecule has 1 fully saturated rings. The molecule has 86 valence electrons. The summed E-state index contributed by atoms with van der Waals surface area (Å²) in [6.45, 7) is 0. The zero-order valence-electron chi connectivity index (χ0n) is 7.97. The predicted octanol–water partition coefficient (Wildman–Crippen LogP) is 2.36. The SMILES string of the molecule is O=C(CC(=O)C(F)(F)F)C1CCCCS1. The maximum Gasteiger partial charge on any atom is 0.450 e. The van der Waals surface area contributed by atoms with Gasteiger partial charge in [0, 0.05) is 0 Å². The average molecular weight is 240 g/mol. The molecule has 2 nitrogen and oxygen atoms in total. The molecule has 1 atom stereocenters. The normalized spacial score (nSPS) is 22.5. The Hall–Kier alpha value is -0.520. The van der Waals surface area contributed by atoms with Crippen molar-refractivity contribution in [1.29, 1.82) is 0 Å². The van der Waals surface area contributed by atoms with Crippen LogP contribution < -0.4 is 0 Å². The average Bonchev–Trinajstić information content (AvgIpc) is 2.17. The fourth-order valence-corrected chi connectivity index (χ4v) is 2.62. The van der Waals surface area contributed by atoms with Gasteiger partial charge < -0.3 is 0 Å².